The third-order valence-corrected chi connectivity index (χ3v) is 4.21. The highest BCUT2D eigenvalue weighted by Gasteiger charge is 2.15. The van der Waals surface area contributed by atoms with Crippen LogP contribution in [0.3, 0.4) is 0 Å². The summed E-state index contributed by atoms with van der Waals surface area (Å²) < 4.78 is 41.5. The van der Waals surface area contributed by atoms with Crippen LogP contribution in [0.25, 0.3) is 21.9 Å². The van der Waals surface area contributed by atoms with Crippen LogP contribution in [-0.4, -0.2) is 19.8 Å². The summed E-state index contributed by atoms with van der Waals surface area (Å²) in [5.74, 6) is 1.16. The first kappa shape index (κ1) is 19.7. The number of fused-ring (bicyclic) bond motifs is 1. The van der Waals surface area contributed by atoms with Crippen LogP contribution in [0, 0.1) is 0 Å². The quantitative estimate of drug-likeness (QED) is 0.417. The summed E-state index contributed by atoms with van der Waals surface area (Å²) in [4.78, 5) is 0. The van der Waals surface area contributed by atoms with Crippen LogP contribution in [-0.2, 0) is 0 Å². The molecule has 0 heterocycles. The number of alkyl halides is 2. The van der Waals surface area contributed by atoms with Gasteiger partial charge in [0.1, 0.15) is 12.4 Å². The van der Waals surface area contributed by atoms with Crippen molar-refractivity contribution < 1.29 is 23.0 Å². The Morgan fingerprint density at radius 1 is 0.929 bits per heavy atom. The monoisotopic (exact) mass is 384 g/mol. The Labute approximate surface area is 163 Å². The summed E-state index contributed by atoms with van der Waals surface area (Å²) in [5.41, 5.74) is 1.98. The number of hydrogen-bond acceptors (Lipinski definition) is 3. The molecule has 5 heteroatoms. The van der Waals surface area contributed by atoms with Gasteiger partial charge in [0.15, 0.2) is 11.5 Å². The molecule has 0 spiro atoms. The Morgan fingerprint density at radius 3 is 2.36 bits per heavy atom. The van der Waals surface area contributed by atoms with E-state index in [1.165, 1.54) is 0 Å². The molecule has 0 aliphatic carbocycles. The van der Waals surface area contributed by atoms with E-state index in [4.69, 9.17) is 14.2 Å². The lowest BCUT2D eigenvalue weighted by Crippen LogP contribution is -2.05. The first-order valence-electron chi connectivity index (χ1n) is 9.11. The molecule has 3 aromatic rings. The number of rotatable bonds is 8. The largest absolute Gasteiger partial charge is 0.490 e. The molecule has 0 amide bonds. The normalized spacial score (nSPS) is 11.3. The van der Waals surface area contributed by atoms with Crippen LogP contribution in [0.15, 0.2) is 66.7 Å². The first-order chi connectivity index (χ1) is 13.6. The molecule has 0 aliphatic rings. The van der Waals surface area contributed by atoms with Crippen LogP contribution in [0.2, 0.25) is 0 Å². The van der Waals surface area contributed by atoms with Crippen molar-refractivity contribution in [3.8, 4) is 28.4 Å². The van der Waals surface area contributed by atoms with Crippen molar-refractivity contribution in [3.63, 3.8) is 0 Å². The molecule has 0 aliphatic heterocycles. The summed E-state index contributed by atoms with van der Waals surface area (Å²) in [5, 5.41) is 1.38. The lowest BCUT2D eigenvalue weighted by atomic mass is 10.0. The molecule has 3 nitrogen and oxygen atoms in total. The number of hydrogen-bond donors (Lipinski definition) is 0. The molecule has 0 unspecified atom stereocenters. The highest BCUT2D eigenvalue weighted by atomic mass is 19.3. The van der Waals surface area contributed by atoms with Gasteiger partial charge in [0.05, 0.1) is 6.61 Å². The predicted molar refractivity (Wildman–Crippen MR) is 107 cm³/mol. The first-order valence-corrected chi connectivity index (χ1v) is 9.11. The maximum absolute atomic E-state index is 12.9. The van der Waals surface area contributed by atoms with E-state index < -0.39 is 6.61 Å². The summed E-state index contributed by atoms with van der Waals surface area (Å²) in [6.45, 7) is 1.72. The van der Waals surface area contributed by atoms with Gasteiger partial charge in [-0.25, -0.2) is 0 Å². The Hall–Kier alpha value is -3.08. The van der Waals surface area contributed by atoms with Gasteiger partial charge in [-0.15, -0.1) is 0 Å². The molecule has 0 N–H and O–H groups in total. The topological polar surface area (TPSA) is 27.7 Å². The molecule has 28 heavy (non-hydrogen) atoms. The molecule has 3 aromatic carbocycles. The minimum atomic E-state index is -2.92. The van der Waals surface area contributed by atoms with E-state index in [1.807, 2.05) is 61.5 Å². The Kier molecular flexibility index (Phi) is 6.48. The molecule has 0 atom stereocenters. The second-order valence-corrected chi connectivity index (χ2v) is 6.04. The van der Waals surface area contributed by atoms with Crippen molar-refractivity contribution in [3.05, 3.63) is 66.7 Å². The van der Waals surface area contributed by atoms with Gasteiger partial charge in [-0.2, -0.15) is 8.78 Å². The number of allylic oxidation sites excluding steroid dienone is 1. The van der Waals surface area contributed by atoms with Gasteiger partial charge in [0, 0.05) is 5.39 Å². The zero-order chi connectivity index (χ0) is 19.9. The van der Waals surface area contributed by atoms with Crippen LogP contribution in [0.1, 0.15) is 13.8 Å². The fourth-order valence-corrected chi connectivity index (χ4v) is 2.92. The minimum Gasteiger partial charge on any atom is -0.490 e. The van der Waals surface area contributed by atoms with Gasteiger partial charge >= 0.3 is 6.61 Å². The summed E-state index contributed by atoms with van der Waals surface area (Å²) in [7, 11) is 0. The smallest absolute Gasteiger partial charge is 0.387 e. The van der Waals surface area contributed by atoms with Gasteiger partial charge in [-0.05, 0) is 60.7 Å². The number of halogens is 2. The van der Waals surface area contributed by atoms with Gasteiger partial charge in [0.25, 0.3) is 0 Å². The second kappa shape index (κ2) is 9.22. The van der Waals surface area contributed by atoms with Crippen LogP contribution in [0.4, 0.5) is 8.78 Å². The third kappa shape index (κ3) is 4.60. The van der Waals surface area contributed by atoms with Crippen LogP contribution in [0.5, 0.6) is 17.2 Å². The maximum atomic E-state index is 12.9. The molecule has 0 saturated heterocycles. The van der Waals surface area contributed by atoms with E-state index in [9.17, 15) is 8.78 Å². The summed E-state index contributed by atoms with van der Waals surface area (Å²) in [6.07, 6.45) is 3.87. The lowest BCUT2D eigenvalue weighted by molar-refractivity contribution is -0.0503. The molecule has 3 rings (SSSR count). The van der Waals surface area contributed by atoms with Crippen molar-refractivity contribution in [1.29, 1.82) is 0 Å². The van der Waals surface area contributed by atoms with Crippen molar-refractivity contribution in [1.82, 2.24) is 0 Å². The van der Waals surface area contributed by atoms with Gasteiger partial charge in [-0.1, -0.05) is 36.4 Å². The molecule has 0 fully saturated rings. The Morgan fingerprint density at radius 2 is 1.68 bits per heavy atom. The molecular weight excluding hydrogens is 362 g/mol. The molecule has 0 aromatic heterocycles. The van der Waals surface area contributed by atoms with Crippen molar-refractivity contribution in [2.24, 2.45) is 0 Å². The standard InChI is InChI=1S/C23H22F2O3/c1-3-5-14-27-19-10-6-16(7-11-19)17-8-12-20-18(15-17)9-13-21(26-4-2)22(20)28-23(24)25/h3,5-13,15,23H,4,14H2,1-2H3. The molecule has 0 bridgehead atoms. The SMILES string of the molecule is CC=CCOc1ccc(-c2ccc3c(OC(F)F)c(OCC)ccc3c2)cc1. The average molecular weight is 384 g/mol. The highest BCUT2D eigenvalue weighted by Crippen LogP contribution is 2.38. The Balaban J connectivity index is 1.92. The van der Waals surface area contributed by atoms with E-state index in [2.05, 4.69) is 0 Å². The molecule has 146 valence electrons. The predicted octanol–water partition coefficient (Wildman–Crippen LogP) is 6.46. The fraction of sp³-hybridized carbons (Fsp3) is 0.217. The average Bonchev–Trinajstić information content (AvgIpc) is 2.70. The van der Waals surface area contributed by atoms with Crippen LogP contribution >= 0.6 is 0 Å². The van der Waals surface area contributed by atoms with E-state index in [-0.39, 0.29) is 5.75 Å². The molecular formula is C23H22F2O3. The van der Waals surface area contributed by atoms with Crippen LogP contribution < -0.4 is 14.2 Å². The number of ether oxygens (including phenoxy) is 3. The summed E-state index contributed by atoms with van der Waals surface area (Å²) >= 11 is 0. The van der Waals surface area contributed by atoms with E-state index in [1.54, 1.807) is 19.1 Å². The molecule has 0 saturated carbocycles. The van der Waals surface area contributed by atoms with Crippen molar-refractivity contribution in [2.75, 3.05) is 13.2 Å². The van der Waals surface area contributed by atoms with E-state index in [0.29, 0.717) is 24.3 Å². The minimum absolute atomic E-state index is 0.0635. The fourth-order valence-electron chi connectivity index (χ4n) is 2.92. The lowest BCUT2D eigenvalue weighted by Gasteiger charge is -2.14. The maximum Gasteiger partial charge on any atom is 0.387 e. The molecule has 0 radical (unpaired) electrons. The van der Waals surface area contributed by atoms with Gasteiger partial charge in [-0.3, -0.25) is 0 Å². The zero-order valence-corrected chi connectivity index (χ0v) is 15.8. The zero-order valence-electron chi connectivity index (χ0n) is 15.8. The van der Waals surface area contributed by atoms with E-state index >= 15 is 0 Å². The van der Waals surface area contributed by atoms with Gasteiger partial charge in [0.2, 0.25) is 0 Å². The summed E-state index contributed by atoms with van der Waals surface area (Å²) in [6, 6.07) is 16.9. The third-order valence-electron chi connectivity index (χ3n) is 4.21. The highest BCUT2D eigenvalue weighted by molar-refractivity contribution is 5.93. The Bertz CT molecular complexity index is 950. The van der Waals surface area contributed by atoms with Gasteiger partial charge < -0.3 is 14.2 Å². The number of benzene rings is 3. The second-order valence-electron chi connectivity index (χ2n) is 6.04. The van der Waals surface area contributed by atoms with Crippen molar-refractivity contribution in [2.45, 2.75) is 20.5 Å². The van der Waals surface area contributed by atoms with E-state index in [0.717, 1.165) is 22.3 Å². The van der Waals surface area contributed by atoms with Crippen molar-refractivity contribution >= 4 is 10.8 Å².